The molecule has 0 saturated carbocycles. The maximum Gasteiger partial charge on any atom is 0.373 e. The summed E-state index contributed by atoms with van der Waals surface area (Å²) in [6.45, 7) is 0.186. The summed E-state index contributed by atoms with van der Waals surface area (Å²) in [4.78, 5) is 88.5. The lowest BCUT2D eigenvalue weighted by molar-refractivity contribution is -0.197. The lowest BCUT2D eigenvalue weighted by atomic mass is 10.1. The monoisotopic (exact) mass is 458 g/mol. The van der Waals surface area contributed by atoms with Crippen LogP contribution in [0.15, 0.2) is 0 Å². The molecule has 0 atom stereocenters. The number of Topliss-reactive ketones (excluding diaryl/α,β-unsaturated/α-hetero) is 1. The normalized spacial score (nSPS) is 14.9. The largest absolute Gasteiger partial charge is 0.396 e. The predicted octanol–water partition coefficient (Wildman–Crippen LogP) is -1.35. The molecule has 0 bridgehead atoms. The van der Waals surface area contributed by atoms with Crippen LogP contribution in [0.5, 0.6) is 0 Å². The Bertz CT molecular complexity index is 697. The van der Waals surface area contributed by atoms with Gasteiger partial charge in [0, 0.05) is 64.7 Å². The highest BCUT2D eigenvalue weighted by molar-refractivity contribution is 6.02. The summed E-state index contributed by atoms with van der Waals surface area (Å²) in [6, 6.07) is 0. The quantitative estimate of drug-likeness (QED) is 0.368. The van der Waals surface area contributed by atoms with Crippen LogP contribution >= 0.6 is 0 Å². The average Bonchev–Trinajstić information content (AvgIpc) is 3.23. The van der Waals surface area contributed by atoms with Gasteiger partial charge in [-0.2, -0.15) is 9.59 Å². The minimum atomic E-state index is -0.713. The molecular weight excluding hydrogens is 432 g/mol. The zero-order valence-corrected chi connectivity index (χ0v) is 17.4. The van der Waals surface area contributed by atoms with Gasteiger partial charge in [0.05, 0.1) is 0 Å². The van der Waals surface area contributed by atoms with E-state index in [1.165, 1.54) is 4.90 Å². The summed E-state index contributed by atoms with van der Waals surface area (Å²) in [5, 5.41) is 17.4. The zero-order chi connectivity index (χ0) is 24.5. The fourth-order valence-corrected chi connectivity index (χ4v) is 2.59. The predicted molar refractivity (Wildman–Crippen MR) is 100 cm³/mol. The SMILES string of the molecule is O=C(CCO)CCCC(=O)ON1C(=O)CCC1=O.O=C1CCC(=O)N1CCCO.O=C=O. The number of aliphatic hydroxyl groups excluding tert-OH is 2. The fraction of sp³-hybridized carbons (Fsp3) is 0.632. The van der Waals surface area contributed by atoms with Gasteiger partial charge in [0.15, 0.2) is 0 Å². The first-order chi connectivity index (χ1) is 15.2. The number of imide groups is 2. The molecule has 2 fully saturated rings. The van der Waals surface area contributed by atoms with Crippen LogP contribution in [0.3, 0.4) is 0 Å². The number of nitrogens with zero attached hydrogens (tertiary/aromatic N) is 2. The third-order valence-electron chi connectivity index (χ3n) is 4.12. The number of hydrogen-bond acceptors (Lipinski definition) is 11. The minimum absolute atomic E-state index is 0.0249. The molecule has 4 amide bonds. The number of carbonyl (C=O) groups is 6. The standard InChI is InChI=1S/C11H15NO6.C7H11NO3.CO2/c13-7-6-8(14)2-1-3-11(17)18-12-9(15)4-5-10(12)16;9-5-1-4-8-6(10)2-3-7(8)11;2-1-3/h13H,1-7H2;9H,1-5H2;. The molecule has 2 saturated heterocycles. The highest BCUT2D eigenvalue weighted by atomic mass is 16.7. The number of aliphatic hydroxyl groups is 2. The molecule has 2 rings (SSSR count). The summed E-state index contributed by atoms with van der Waals surface area (Å²) in [7, 11) is 0. The van der Waals surface area contributed by atoms with E-state index < -0.39 is 17.8 Å². The maximum atomic E-state index is 11.3. The van der Waals surface area contributed by atoms with Crippen molar-refractivity contribution >= 4 is 41.5 Å². The van der Waals surface area contributed by atoms with Crippen LogP contribution < -0.4 is 0 Å². The van der Waals surface area contributed by atoms with Crippen molar-refractivity contribution in [2.45, 2.75) is 57.8 Å². The second kappa shape index (κ2) is 16.4. The summed E-state index contributed by atoms with van der Waals surface area (Å²) >= 11 is 0. The van der Waals surface area contributed by atoms with Crippen LogP contribution in [-0.4, -0.2) is 81.5 Å². The lowest BCUT2D eigenvalue weighted by Crippen LogP contribution is -2.32. The van der Waals surface area contributed by atoms with Crippen molar-refractivity contribution < 1.29 is 53.4 Å². The molecule has 0 aromatic rings. The highest BCUT2D eigenvalue weighted by Gasteiger charge is 2.32. The molecule has 2 aliphatic heterocycles. The van der Waals surface area contributed by atoms with E-state index >= 15 is 0 Å². The van der Waals surface area contributed by atoms with E-state index in [4.69, 9.17) is 19.8 Å². The lowest BCUT2D eigenvalue weighted by Gasteiger charge is -2.12. The Morgan fingerprint density at radius 1 is 0.781 bits per heavy atom. The van der Waals surface area contributed by atoms with Gasteiger partial charge < -0.3 is 15.1 Å². The van der Waals surface area contributed by atoms with E-state index in [1.54, 1.807) is 0 Å². The van der Waals surface area contributed by atoms with Gasteiger partial charge in [-0.25, -0.2) is 4.79 Å². The molecule has 0 unspecified atom stereocenters. The topological polar surface area (TPSA) is 193 Å². The summed E-state index contributed by atoms with van der Waals surface area (Å²) in [6.07, 6.45) is 1.98. The van der Waals surface area contributed by atoms with Gasteiger partial charge >= 0.3 is 12.1 Å². The Hall–Kier alpha value is -3.28. The number of carbonyl (C=O) groups excluding carboxylic acids is 8. The number of amides is 4. The molecule has 2 aliphatic rings. The first kappa shape index (κ1) is 28.7. The first-order valence-corrected chi connectivity index (χ1v) is 9.84. The molecule has 2 heterocycles. The Morgan fingerprint density at radius 2 is 1.28 bits per heavy atom. The Morgan fingerprint density at radius 3 is 1.75 bits per heavy atom. The molecule has 0 aromatic heterocycles. The van der Waals surface area contributed by atoms with Gasteiger partial charge in [-0.1, -0.05) is 0 Å². The van der Waals surface area contributed by atoms with E-state index in [0.29, 0.717) is 30.9 Å². The number of rotatable bonds is 10. The zero-order valence-electron chi connectivity index (χ0n) is 17.4. The molecule has 0 aliphatic carbocycles. The second-order valence-corrected chi connectivity index (χ2v) is 6.51. The Balaban J connectivity index is 0.000000582. The fourth-order valence-electron chi connectivity index (χ4n) is 2.59. The third kappa shape index (κ3) is 11.2. The first-order valence-electron chi connectivity index (χ1n) is 9.84. The van der Waals surface area contributed by atoms with Crippen molar-refractivity contribution in [3.63, 3.8) is 0 Å². The molecule has 32 heavy (non-hydrogen) atoms. The second-order valence-electron chi connectivity index (χ2n) is 6.51. The summed E-state index contributed by atoms with van der Waals surface area (Å²) < 4.78 is 0. The van der Waals surface area contributed by atoms with Crippen molar-refractivity contribution in [1.29, 1.82) is 0 Å². The Kier molecular flexibility index (Phi) is 14.7. The third-order valence-corrected chi connectivity index (χ3v) is 4.12. The number of hydrogen-bond donors (Lipinski definition) is 2. The maximum absolute atomic E-state index is 11.3. The van der Waals surface area contributed by atoms with E-state index in [-0.39, 0.29) is 75.5 Å². The van der Waals surface area contributed by atoms with E-state index in [1.807, 2.05) is 0 Å². The van der Waals surface area contributed by atoms with Crippen molar-refractivity contribution in [3.8, 4) is 0 Å². The van der Waals surface area contributed by atoms with Gasteiger partial charge in [0.25, 0.3) is 11.8 Å². The van der Waals surface area contributed by atoms with Crippen molar-refractivity contribution in [2.24, 2.45) is 0 Å². The van der Waals surface area contributed by atoms with E-state index in [9.17, 15) is 28.8 Å². The molecule has 13 heteroatoms. The van der Waals surface area contributed by atoms with Gasteiger partial charge in [0.1, 0.15) is 5.78 Å². The summed E-state index contributed by atoms with van der Waals surface area (Å²) in [5.74, 6) is -2.12. The van der Waals surface area contributed by atoms with Crippen molar-refractivity contribution in [3.05, 3.63) is 0 Å². The van der Waals surface area contributed by atoms with Crippen LogP contribution in [-0.2, 0) is 43.2 Å². The van der Waals surface area contributed by atoms with Crippen LogP contribution in [0.2, 0.25) is 0 Å². The van der Waals surface area contributed by atoms with Gasteiger partial charge in [0.2, 0.25) is 11.8 Å². The molecule has 0 aromatic carbocycles. The van der Waals surface area contributed by atoms with Crippen molar-refractivity contribution in [1.82, 2.24) is 9.96 Å². The van der Waals surface area contributed by atoms with Gasteiger partial charge in [-0.05, 0) is 12.8 Å². The molecule has 0 spiro atoms. The Labute approximate surface area is 183 Å². The molecule has 13 nitrogen and oxygen atoms in total. The molecular formula is C19H26N2O11. The molecule has 2 N–H and O–H groups in total. The number of ketones is 1. The number of likely N-dealkylation sites (tertiary alicyclic amines) is 1. The minimum Gasteiger partial charge on any atom is -0.396 e. The summed E-state index contributed by atoms with van der Waals surface area (Å²) in [5.41, 5.74) is 0. The number of hydroxylamine groups is 2. The van der Waals surface area contributed by atoms with E-state index in [0.717, 1.165) is 0 Å². The molecule has 0 radical (unpaired) electrons. The van der Waals surface area contributed by atoms with Crippen LogP contribution in [0.1, 0.15) is 57.8 Å². The average molecular weight is 458 g/mol. The van der Waals surface area contributed by atoms with Crippen LogP contribution in [0, 0.1) is 0 Å². The van der Waals surface area contributed by atoms with Crippen LogP contribution in [0.25, 0.3) is 0 Å². The van der Waals surface area contributed by atoms with Crippen LogP contribution in [0.4, 0.5) is 0 Å². The molecule has 178 valence electrons. The van der Waals surface area contributed by atoms with Crippen molar-refractivity contribution in [2.75, 3.05) is 19.8 Å². The van der Waals surface area contributed by atoms with Gasteiger partial charge in [-0.3, -0.25) is 28.9 Å². The smallest absolute Gasteiger partial charge is 0.373 e. The highest BCUT2D eigenvalue weighted by Crippen LogP contribution is 2.13. The van der Waals surface area contributed by atoms with E-state index in [2.05, 4.69) is 4.84 Å². The van der Waals surface area contributed by atoms with Gasteiger partial charge in [-0.15, -0.1) is 5.06 Å².